The van der Waals surface area contributed by atoms with Gasteiger partial charge in [-0.15, -0.1) is 11.8 Å². The van der Waals surface area contributed by atoms with Gasteiger partial charge in [0.15, 0.2) is 5.78 Å². The molecule has 1 heterocycles. The van der Waals surface area contributed by atoms with Gasteiger partial charge in [0.1, 0.15) is 12.4 Å². The monoisotopic (exact) mass is 389 g/mol. The maximum Gasteiger partial charge on any atom is 0.251 e. The van der Waals surface area contributed by atoms with E-state index in [9.17, 15) is 14.0 Å². The number of hydrogen-bond donors (Lipinski definition) is 2. The van der Waals surface area contributed by atoms with Gasteiger partial charge in [-0.2, -0.15) is 0 Å². The van der Waals surface area contributed by atoms with Gasteiger partial charge in [-0.3, -0.25) is 9.59 Å². The van der Waals surface area contributed by atoms with Crippen LogP contribution in [0.4, 0.5) is 4.39 Å². The Kier molecular flexibility index (Phi) is 6.26. The van der Waals surface area contributed by atoms with E-state index in [-0.39, 0.29) is 43.7 Å². The summed E-state index contributed by atoms with van der Waals surface area (Å²) in [5, 5.41) is 11.5. The molecule has 0 aliphatic carbocycles. The number of halogens is 1. The summed E-state index contributed by atoms with van der Waals surface area (Å²) >= 11 is 1.45. The second-order valence-electron chi connectivity index (χ2n) is 6.18. The lowest BCUT2D eigenvalue weighted by Gasteiger charge is -2.12. The van der Waals surface area contributed by atoms with Crippen LogP contribution in [0.3, 0.4) is 0 Å². The molecule has 2 N–H and O–H groups in total. The quantitative estimate of drug-likeness (QED) is 0.412. The average molecular weight is 389 g/mol. The summed E-state index contributed by atoms with van der Waals surface area (Å²) in [6, 6.07) is 8.34. The number of thioether (sulfide) groups is 1. The van der Waals surface area contributed by atoms with Gasteiger partial charge in [0.05, 0.1) is 13.2 Å². The summed E-state index contributed by atoms with van der Waals surface area (Å²) in [7, 11) is 0. The highest BCUT2D eigenvalue weighted by Gasteiger charge is 2.24. The van der Waals surface area contributed by atoms with Crippen LogP contribution in [0.15, 0.2) is 35.2 Å². The van der Waals surface area contributed by atoms with Crippen LogP contribution in [-0.2, 0) is 17.7 Å². The van der Waals surface area contributed by atoms with Crippen LogP contribution in [0.1, 0.15) is 37.4 Å². The number of amides is 1. The summed E-state index contributed by atoms with van der Waals surface area (Å²) in [6.07, 6.45) is 2.07. The molecule has 2 aromatic carbocycles. The van der Waals surface area contributed by atoms with Crippen molar-refractivity contribution in [2.75, 3.05) is 26.1 Å². The molecule has 0 atom stereocenters. The lowest BCUT2D eigenvalue weighted by molar-refractivity contribution is 0.0663. The standard InChI is InChI=1S/C20H20FNO4S/c1-27-15-3-2-12(18(21)9-15)6-13-7-17-14(10-22-20(17)25)8-16(13)19(24)11-26-5-4-23/h2-3,7-9,23H,4-6,10-11H2,1H3,(H,22,25). The Hall–Kier alpha value is -2.22. The van der Waals surface area contributed by atoms with E-state index in [0.29, 0.717) is 28.8 Å². The van der Waals surface area contributed by atoms with Crippen LogP contribution >= 0.6 is 11.8 Å². The number of ketones is 1. The van der Waals surface area contributed by atoms with Crippen molar-refractivity contribution in [2.24, 2.45) is 0 Å². The topological polar surface area (TPSA) is 75.6 Å². The second-order valence-corrected chi connectivity index (χ2v) is 7.06. The van der Waals surface area contributed by atoms with E-state index in [2.05, 4.69) is 5.32 Å². The summed E-state index contributed by atoms with van der Waals surface area (Å²) < 4.78 is 19.6. The van der Waals surface area contributed by atoms with Gasteiger partial charge in [0, 0.05) is 29.0 Å². The summed E-state index contributed by atoms with van der Waals surface area (Å²) in [6.45, 7) is 0.0806. The summed E-state index contributed by atoms with van der Waals surface area (Å²) in [5.41, 5.74) is 2.71. The number of aliphatic hydroxyl groups is 1. The molecule has 0 saturated heterocycles. The molecule has 0 fully saturated rings. The van der Waals surface area contributed by atoms with Crippen molar-refractivity contribution < 1.29 is 23.8 Å². The van der Waals surface area contributed by atoms with E-state index < -0.39 is 0 Å². The minimum atomic E-state index is -0.346. The van der Waals surface area contributed by atoms with Crippen molar-refractivity contribution in [2.45, 2.75) is 17.9 Å². The minimum Gasteiger partial charge on any atom is -0.394 e. The molecule has 5 nitrogen and oxygen atoms in total. The van der Waals surface area contributed by atoms with Crippen LogP contribution in [0.25, 0.3) is 0 Å². The molecule has 1 aliphatic rings. The number of rotatable bonds is 8. The van der Waals surface area contributed by atoms with E-state index in [1.165, 1.54) is 17.8 Å². The zero-order valence-electron chi connectivity index (χ0n) is 14.9. The fourth-order valence-electron chi connectivity index (χ4n) is 3.03. The van der Waals surface area contributed by atoms with E-state index in [0.717, 1.165) is 10.5 Å². The number of nitrogens with one attached hydrogen (secondary N) is 1. The molecule has 0 radical (unpaired) electrons. The second kappa shape index (κ2) is 8.65. The Morgan fingerprint density at radius 1 is 1.30 bits per heavy atom. The smallest absolute Gasteiger partial charge is 0.251 e. The van der Waals surface area contributed by atoms with E-state index in [4.69, 9.17) is 9.84 Å². The number of hydrogen-bond acceptors (Lipinski definition) is 5. The Balaban J connectivity index is 1.95. The Bertz CT molecular complexity index is 885. The van der Waals surface area contributed by atoms with Crippen molar-refractivity contribution in [1.29, 1.82) is 0 Å². The van der Waals surface area contributed by atoms with Crippen LogP contribution in [-0.4, -0.2) is 42.9 Å². The van der Waals surface area contributed by atoms with E-state index in [1.54, 1.807) is 18.2 Å². The molecule has 7 heteroatoms. The largest absolute Gasteiger partial charge is 0.394 e. The molecule has 0 aromatic heterocycles. The normalized spacial score (nSPS) is 12.8. The molecule has 1 amide bonds. The van der Waals surface area contributed by atoms with Gasteiger partial charge in [-0.25, -0.2) is 4.39 Å². The van der Waals surface area contributed by atoms with Crippen molar-refractivity contribution in [3.8, 4) is 0 Å². The van der Waals surface area contributed by atoms with E-state index >= 15 is 0 Å². The number of fused-ring (bicyclic) bond motifs is 1. The number of ether oxygens (including phenoxy) is 1. The van der Waals surface area contributed by atoms with Gasteiger partial charge in [0.25, 0.3) is 5.91 Å². The zero-order chi connectivity index (χ0) is 19.4. The highest BCUT2D eigenvalue weighted by atomic mass is 32.2. The summed E-state index contributed by atoms with van der Waals surface area (Å²) in [5.74, 6) is -0.802. The number of Topliss-reactive ketones (excluding diaryl/α,β-unsaturated/α-hetero) is 1. The first-order chi connectivity index (χ1) is 13.0. The molecule has 2 aromatic rings. The molecular formula is C20H20FNO4S. The van der Waals surface area contributed by atoms with Crippen molar-refractivity contribution in [3.63, 3.8) is 0 Å². The third-order valence-corrected chi connectivity index (χ3v) is 5.15. The van der Waals surface area contributed by atoms with Crippen LogP contribution < -0.4 is 5.32 Å². The Morgan fingerprint density at radius 2 is 2.11 bits per heavy atom. The molecule has 27 heavy (non-hydrogen) atoms. The van der Waals surface area contributed by atoms with Crippen LogP contribution in [0.5, 0.6) is 0 Å². The fraction of sp³-hybridized carbons (Fsp3) is 0.300. The van der Waals surface area contributed by atoms with Gasteiger partial charge in [0.2, 0.25) is 0 Å². The molecule has 0 unspecified atom stereocenters. The van der Waals surface area contributed by atoms with Crippen molar-refractivity contribution in [1.82, 2.24) is 5.32 Å². The number of benzene rings is 2. The summed E-state index contributed by atoms with van der Waals surface area (Å²) in [4.78, 5) is 25.4. The molecule has 0 saturated carbocycles. The molecule has 0 bridgehead atoms. The molecule has 0 spiro atoms. The van der Waals surface area contributed by atoms with Crippen LogP contribution in [0, 0.1) is 5.82 Å². The molecule has 1 aliphatic heterocycles. The third kappa shape index (κ3) is 4.37. The van der Waals surface area contributed by atoms with Gasteiger partial charge in [-0.1, -0.05) is 6.07 Å². The highest BCUT2D eigenvalue weighted by Crippen LogP contribution is 2.26. The fourth-order valence-corrected chi connectivity index (χ4v) is 3.46. The first-order valence-corrected chi connectivity index (χ1v) is 9.74. The average Bonchev–Trinajstić information content (AvgIpc) is 3.03. The van der Waals surface area contributed by atoms with Crippen molar-refractivity contribution >= 4 is 23.5 Å². The van der Waals surface area contributed by atoms with Crippen LogP contribution in [0.2, 0.25) is 0 Å². The maximum absolute atomic E-state index is 14.4. The zero-order valence-corrected chi connectivity index (χ0v) is 15.7. The van der Waals surface area contributed by atoms with Gasteiger partial charge in [-0.05, 0) is 47.2 Å². The van der Waals surface area contributed by atoms with Gasteiger partial charge < -0.3 is 15.2 Å². The maximum atomic E-state index is 14.4. The highest BCUT2D eigenvalue weighted by molar-refractivity contribution is 7.98. The Morgan fingerprint density at radius 3 is 2.81 bits per heavy atom. The van der Waals surface area contributed by atoms with Crippen molar-refractivity contribution in [3.05, 3.63) is 64.0 Å². The number of carbonyl (C=O) groups is 2. The first-order valence-electron chi connectivity index (χ1n) is 8.51. The van der Waals surface area contributed by atoms with Gasteiger partial charge >= 0.3 is 0 Å². The number of carbonyl (C=O) groups excluding carboxylic acids is 2. The van der Waals surface area contributed by atoms with E-state index in [1.807, 2.05) is 12.3 Å². The first kappa shape index (κ1) is 19.5. The number of aliphatic hydroxyl groups excluding tert-OH is 1. The molecule has 142 valence electrons. The molecule has 3 rings (SSSR count). The predicted molar refractivity (Wildman–Crippen MR) is 101 cm³/mol. The lowest BCUT2D eigenvalue weighted by Crippen LogP contribution is -2.15. The SMILES string of the molecule is CSc1ccc(Cc2cc3c(cc2C(=O)COCCO)CNC3=O)c(F)c1. The third-order valence-electron chi connectivity index (χ3n) is 4.42. The minimum absolute atomic E-state index is 0.0663. The lowest BCUT2D eigenvalue weighted by atomic mass is 9.93. The molecular weight excluding hydrogens is 369 g/mol. The predicted octanol–water partition coefficient (Wildman–Crippen LogP) is 2.57. The Labute approximate surface area is 160 Å².